The number of rotatable bonds is 16. The summed E-state index contributed by atoms with van der Waals surface area (Å²) in [4.78, 5) is 5.24. The van der Waals surface area contributed by atoms with E-state index in [2.05, 4.69) is 532 Å². The lowest BCUT2D eigenvalue weighted by molar-refractivity contribution is 0.768. The molecule has 25 aromatic rings. The molecule has 2 aliphatic rings. The standard InChI is InChI=1S/C134H86N2/c1-8-36-87(37-9-1)95-81-96(88-38-10-2-11-39-88)83-104(82-95)136(103-74-79-126-122(86-103)112-57-31-33-65-124(112)134(126,99-48-18-6-19-49-99)100-50-20-7-21-51-100)131-118-60-28-24-53-108(118)107-52-22-26-58-115(107)128(131)113-62-35-43-94-80-93(71-75-106(94)113)89-66-68-91(69-67-89)105-77-72-101(84-120(105)90-40-12-3-13-41-90)135(102-73-78-125-121(85-102)111-56-30-32-64-123(111)133(125,97-44-14-4-15-45-97)98-46-16-5-17-47-98)132-119-61-29-25-55-110(119)117-76-70-92-42-34-63-114-109-54-23-27-59-116(109)130(132)129(117)127(92)114/h1-86H. The van der Waals surface area contributed by atoms with Gasteiger partial charge in [-0.2, -0.15) is 0 Å². The van der Waals surface area contributed by atoms with Crippen LogP contribution in [0.15, 0.2) is 522 Å². The van der Waals surface area contributed by atoms with Gasteiger partial charge in [0.2, 0.25) is 0 Å². The van der Waals surface area contributed by atoms with Crippen LogP contribution in [0.4, 0.5) is 34.1 Å². The molecule has 0 atom stereocenters. The monoisotopic (exact) mass is 1720 g/mol. The maximum absolute atomic E-state index is 2.62. The Bertz CT molecular complexity index is 8930. The van der Waals surface area contributed by atoms with Gasteiger partial charge in [-0.05, 0) is 253 Å². The van der Waals surface area contributed by atoms with Gasteiger partial charge in [0, 0.05) is 49.9 Å². The number of hydrogen-bond acceptors (Lipinski definition) is 2. The molecule has 0 unspecified atom stereocenters. The van der Waals surface area contributed by atoms with Gasteiger partial charge in [0.1, 0.15) is 0 Å². The summed E-state index contributed by atoms with van der Waals surface area (Å²) in [5.74, 6) is 0. The van der Waals surface area contributed by atoms with Gasteiger partial charge in [0.25, 0.3) is 0 Å². The van der Waals surface area contributed by atoms with Crippen LogP contribution in [0.1, 0.15) is 44.5 Å². The molecule has 27 rings (SSSR count). The highest BCUT2D eigenvalue weighted by Gasteiger charge is 2.48. The average Bonchev–Trinajstić information content (AvgIpc) is 1.09. The molecule has 632 valence electrons. The number of fused-ring (bicyclic) bond motifs is 15. The first kappa shape index (κ1) is 78.3. The lowest BCUT2D eigenvalue weighted by atomic mass is 9.68. The van der Waals surface area contributed by atoms with Crippen molar-refractivity contribution in [3.8, 4) is 89.0 Å². The summed E-state index contributed by atoms with van der Waals surface area (Å²) >= 11 is 0. The Kier molecular flexibility index (Phi) is 18.2. The summed E-state index contributed by atoms with van der Waals surface area (Å²) in [7, 11) is 0. The molecule has 136 heavy (non-hydrogen) atoms. The van der Waals surface area contributed by atoms with E-state index in [1.165, 1.54) is 137 Å². The number of anilines is 6. The molecule has 0 fully saturated rings. The van der Waals surface area contributed by atoms with Gasteiger partial charge in [0.05, 0.1) is 22.2 Å². The summed E-state index contributed by atoms with van der Waals surface area (Å²) < 4.78 is 0. The largest absolute Gasteiger partial charge is 0.309 e. The maximum atomic E-state index is 2.62. The molecular formula is C134H86N2. The summed E-state index contributed by atoms with van der Waals surface area (Å²) in [6.45, 7) is 0. The number of benzene rings is 25. The fourth-order valence-corrected chi connectivity index (χ4v) is 23.9. The van der Waals surface area contributed by atoms with Crippen molar-refractivity contribution in [2.45, 2.75) is 10.8 Å². The zero-order chi connectivity index (χ0) is 89.5. The van der Waals surface area contributed by atoms with Crippen LogP contribution in [0.2, 0.25) is 0 Å². The van der Waals surface area contributed by atoms with Crippen LogP contribution in [-0.2, 0) is 10.8 Å². The van der Waals surface area contributed by atoms with Crippen LogP contribution in [0.5, 0.6) is 0 Å². The molecule has 2 aliphatic carbocycles. The van der Waals surface area contributed by atoms with Crippen LogP contribution in [-0.4, -0.2) is 0 Å². The van der Waals surface area contributed by atoms with Crippen LogP contribution < -0.4 is 9.80 Å². The highest BCUT2D eigenvalue weighted by molar-refractivity contribution is 6.41. The van der Waals surface area contributed by atoms with Crippen LogP contribution in [0.3, 0.4) is 0 Å². The molecule has 0 spiro atoms. The molecule has 0 aromatic heterocycles. The van der Waals surface area contributed by atoms with E-state index in [1.807, 2.05) is 0 Å². The van der Waals surface area contributed by atoms with Crippen molar-refractivity contribution in [2.24, 2.45) is 0 Å². The zero-order valence-electron chi connectivity index (χ0n) is 74.5. The van der Waals surface area contributed by atoms with Gasteiger partial charge >= 0.3 is 0 Å². The van der Waals surface area contributed by atoms with Gasteiger partial charge in [-0.15, -0.1) is 0 Å². The first-order chi connectivity index (χ1) is 67.5. The summed E-state index contributed by atoms with van der Waals surface area (Å²) in [5, 5.41) is 19.4. The first-order valence-electron chi connectivity index (χ1n) is 47.3. The van der Waals surface area contributed by atoms with Crippen molar-refractivity contribution < 1.29 is 0 Å². The Hall–Kier alpha value is -17.6. The molecule has 25 aromatic carbocycles. The third-order valence-electron chi connectivity index (χ3n) is 29.7. The molecular weight excluding hydrogens is 1640 g/mol. The minimum atomic E-state index is -0.593. The Balaban J connectivity index is 0.635. The first-order valence-corrected chi connectivity index (χ1v) is 47.3. The van der Waals surface area contributed by atoms with Crippen LogP contribution in [0.25, 0.3) is 175 Å². The van der Waals surface area contributed by atoms with Crippen LogP contribution >= 0.6 is 0 Å². The third kappa shape index (κ3) is 12.0. The lowest BCUT2D eigenvalue weighted by Gasteiger charge is -2.34. The second-order valence-corrected chi connectivity index (χ2v) is 36.6. The Labute approximate surface area is 790 Å². The molecule has 0 radical (unpaired) electrons. The van der Waals surface area contributed by atoms with Gasteiger partial charge in [-0.3, -0.25) is 0 Å². The highest BCUT2D eigenvalue weighted by atomic mass is 15.2. The Morgan fingerprint density at radius 2 is 0.485 bits per heavy atom. The van der Waals surface area contributed by atoms with E-state index in [4.69, 9.17) is 0 Å². The lowest BCUT2D eigenvalue weighted by Crippen LogP contribution is -2.28. The summed E-state index contributed by atoms with van der Waals surface area (Å²) in [6.07, 6.45) is 0. The maximum Gasteiger partial charge on any atom is 0.0713 e. The van der Waals surface area contributed by atoms with Crippen molar-refractivity contribution in [1.29, 1.82) is 0 Å². The molecule has 0 N–H and O–H groups in total. The second kappa shape index (κ2) is 31.6. The van der Waals surface area contributed by atoms with Gasteiger partial charge in [0.15, 0.2) is 0 Å². The zero-order valence-corrected chi connectivity index (χ0v) is 74.5. The van der Waals surface area contributed by atoms with Crippen molar-refractivity contribution in [3.63, 3.8) is 0 Å². The minimum Gasteiger partial charge on any atom is -0.309 e. The SMILES string of the molecule is c1ccc(-c2cc(-c3ccccc3)cc(N(c3ccc4c(c3)-c3ccccc3C4(c3ccccc3)c3ccccc3)c3c(-c4cccc5cc(-c6ccc(-c7ccc(N(c8ccc9c(c8)-c8ccccc8C9(c8ccccc8)c8ccccc8)c8c9ccccc9c9ccc%10cccc%11c%12ccccc%12c8c9c%10%11)cc7-c7ccccc7)cc6)ccc45)c4ccccc4c4ccccc34)c2)cc1. The molecule has 2 heteroatoms. The minimum absolute atomic E-state index is 0.582. The van der Waals surface area contributed by atoms with E-state index in [-0.39, 0.29) is 0 Å². The smallest absolute Gasteiger partial charge is 0.0713 e. The number of hydrogen-bond donors (Lipinski definition) is 0. The third-order valence-corrected chi connectivity index (χ3v) is 29.7. The highest BCUT2D eigenvalue weighted by Crippen LogP contribution is 2.63. The quantitative estimate of drug-likeness (QED) is 0.0703. The average molecular weight is 1720 g/mol. The van der Waals surface area contributed by atoms with Gasteiger partial charge in [-0.1, -0.05) is 461 Å². The van der Waals surface area contributed by atoms with E-state index < -0.39 is 10.8 Å². The number of nitrogens with zero attached hydrogens (tertiary/aromatic N) is 2. The predicted octanol–water partition coefficient (Wildman–Crippen LogP) is 36.0. The molecule has 0 heterocycles. The molecule has 0 saturated carbocycles. The molecule has 0 saturated heterocycles. The van der Waals surface area contributed by atoms with Crippen molar-refractivity contribution >= 4 is 120 Å². The Morgan fingerprint density at radius 3 is 1.03 bits per heavy atom. The normalized spacial score (nSPS) is 12.8. The molecule has 0 amide bonds. The van der Waals surface area contributed by atoms with E-state index in [9.17, 15) is 0 Å². The van der Waals surface area contributed by atoms with E-state index in [1.54, 1.807) is 0 Å². The van der Waals surface area contributed by atoms with E-state index in [0.717, 1.165) is 117 Å². The van der Waals surface area contributed by atoms with E-state index >= 15 is 0 Å². The van der Waals surface area contributed by atoms with Crippen LogP contribution in [0, 0.1) is 0 Å². The Morgan fingerprint density at radius 1 is 0.140 bits per heavy atom. The fourth-order valence-electron chi connectivity index (χ4n) is 23.9. The van der Waals surface area contributed by atoms with Gasteiger partial charge in [-0.25, -0.2) is 0 Å². The van der Waals surface area contributed by atoms with E-state index in [0.29, 0.717) is 0 Å². The van der Waals surface area contributed by atoms with Crippen molar-refractivity contribution in [3.05, 3.63) is 566 Å². The topological polar surface area (TPSA) is 6.48 Å². The molecule has 2 nitrogen and oxygen atoms in total. The predicted molar refractivity (Wildman–Crippen MR) is 574 cm³/mol. The summed E-state index contributed by atoms with van der Waals surface area (Å²) in [5.41, 5.74) is 33.8. The van der Waals surface area contributed by atoms with Crippen molar-refractivity contribution in [2.75, 3.05) is 9.80 Å². The fraction of sp³-hybridized carbons (Fsp3) is 0.0149. The van der Waals surface area contributed by atoms with Gasteiger partial charge < -0.3 is 9.80 Å². The van der Waals surface area contributed by atoms with Crippen molar-refractivity contribution in [1.82, 2.24) is 0 Å². The summed E-state index contributed by atoms with van der Waals surface area (Å²) in [6, 6.07) is 197. The molecule has 0 aliphatic heterocycles. The molecule has 0 bridgehead atoms. The second-order valence-electron chi connectivity index (χ2n) is 36.6.